The van der Waals surface area contributed by atoms with Gasteiger partial charge in [0.1, 0.15) is 0 Å². The van der Waals surface area contributed by atoms with Crippen molar-refractivity contribution in [1.82, 2.24) is 4.98 Å². The summed E-state index contributed by atoms with van der Waals surface area (Å²) in [6, 6.07) is 13.0. The van der Waals surface area contributed by atoms with Crippen molar-refractivity contribution in [3.63, 3.8) is 0 Å². The van der Waals surface area contributed by atoms with Crippen molar-refractivity contribution in [3.05, 3.63) is 52.6 Å². The summed E-state index contributed by atoms with van der Waals surface area (Å²) in [6.07, 6.45) is 17.0. The number of hydrogen-bond acceptors (Lipinski definition) is 1. The Hall–Kier alpha value is -1.15. The van der Waals surface area contributed by atoms with Crippen LogP contribution in [0.1, 0.15) is 76.7 Å². The van der Waals surface area contributed by atoms with Gasteiger partial charge in [-0.15, -0.1) is 0 Å². The standard InChI is InChI=1S/C23H32BrN/c1-2-3-4-5-6-7-8-9-10-11-12-20-13-15-21(16-14-20)23-18-17-22(24)19-25-23/h13-19H,2-12H2,1H3. The van der Waals surface area contributed by atoms with Crippen LogP contribution in [0.15, 0.2) is 47.1 Å². The Balaban J connectivity index is 1.58. The Morgan fingerprint density at radius 2 is 1.32 bits per heavy atom. The van der Waals surface area contributed by atoms with Gasteiger partial charge in [0.15, 0.2) is 0 Å². The van der Waals surface area contributed by atoms with Gasteiger partial charge >= 0.3 is 0 Å². The zero-order valence-corrected chi connectivity index (χ0v) is 17.2. The lowest BCUT2D eigenvalue weighted by Gasteiger charge is -2.05. The molecule has 1 aromatic carbocycles. The normalized spacial score (nSPS) is 11.0. The third-order valence-electron chi connectivity index (χ3n) is 4.80. The number of pyridine rings is 1. The van der Waals surface area contributed by atoms with E-state index >= 15 is 0 Å². The molecule has 0 fully saturated rings. The second-order valence-electron chi connectivity index (χ2n) is 6.99. The van der Waals surface area contributed by atoms with Gasteiger partial charge in [0.2, 0.25) is 0 Å². The van der Waals surface area contributed by atoms with Gasteiger partial charge in [-0.05, 0) is 46.5 Å². The Morgan fingerprint density at radius 3 is 1.88 bits per heavy atom. The molecular weight excluding hydrogens is 370 g/mol. The van der Waals surface area contributed by atoms with Crippen LogP contribution in [0.2, 0.25) is 0 Å². The lowest BCUT2D eigenvalue weighted by molar-refractivity contribution is 0.556. The zero-order chi connectivity index (χ0) is 17.7. The predicted octanol–water partition coefficient (Wildman–Crippen LogP) is 7.97. The number of benzene rings is 1. The highest BCUT2D eigenvalue weighted by Crippen LogP contribution is 2.20. The number of nitrogens with zero attached hydrogens (tertiary/aromatic N) is 1. The second-order valence-corrected chi connectivity index (χ2v) is 7.91. The van der Waals surface area contributed by atoms with Crippen molar-refractivity contribution in [3.8, 4) is 11.3 Å². The van der Waals surface area contributed by atoms with Crippen LogP contribution in [0.4, 0.5) is 0 Å². The Kier molecular flexibility index (Phi) is 9.88. The molecule has 25 heavy (non-hydrogen) atoms. The van der Waals surface area contributed by atoms with Crippen LogP contribution in [0.5, 0.6) is 0 Å². The lowest BCUT2D eigenvalue weighted by Crippen LogP contribution is -1.88. The molecule has 2 aromatic rings. The van der Waals surface area contributed by atoms with Gasteiger partial charge in [0, 0.05) is 16.2 Å². The van der Waals surface area contributed by atoms with E-state index in [-0.39, 0.29) is 0 Å². The molecule has 0 saturated heterocycles. The fourth-order valence-electron chi connectivity index (χ4n) is 3.21. The van der Waals surface area contributed by atoms with Gasteiger partial charge in [0.05, 0.1) is 5.69 Å². The van der Waals surface area contributed by atoms with Gasteiger partial charge in [-0.3, -0.25) is 4.98 Å². The molecule has 1 heterocycles. The van der Waals surface area contributed by atoms with Crippen LogP contribution in [-0.2, 0) is 6.42 Å². The predicted molar refractivity (Wildman–Crippen MR) is 113 cm³/mol. The number of unbranched alkanes of at least 4 members (excludes halogenated alkanes) is 9. The maximum Gasteiger partial charge on any atom is 0.0702 e. The highest BCUT2D eigenvalue weighted by molar-refractivity contribution is 9.10. The molecule has 0 aliphatic rings. The number of halogens is 1. The van der Waals surface area contributed by atoms with Crippen molar-refractivity contribution in [2.45, 2.75) is 77.6 Å². The molecule has 0 unspecified atom stereocenters. The Bertz CT molecular complexity index is 574. The summed E-state index contributed by atoms with van der Waals surface area (Å²) in [4.78, 5) is 4.46. The van der Waals surface area contributed by atoms with Crippen molar-refractivity contribution in [2.24, 2.45) is 0 Å². The lowest BCUT2D eigenvalue weighted by atomic mass is 10.0. The maximum absolute atomic E-state index is 4.46. The monoisotopic (exact) mass is 401 g/mol. The summed E-state index contributed by atoms with van der Waals surface area (Å²) in [7, 11) is 0. The smallest absolute Gasteiger partial charge is 0.0702 e. The third-order valence-corrected chi connectivity index (χ3v) is 5.27. The topological polar surface area (TPSA) is 12.9 Å². The number of rotatable bonds is 12. The van der Waals surface area contributed by atoms with Crippen molar-refractivity contribution >= 4 is 15.9 Å². The first-order valence-corrected chi connectivity index (χ1v) is 10.8. The third kappa shape index (κ3) is 8.18. The van der Waals surface area contributed by atoms with Crippen LogP contribution >= 0.6 is 15.9 Å². The summed E-state index contributed by atoms with van der Waals surface area (Å²) >= 11 is 3.43. The molecule has 0 aliphatic heterocycles. The minimum Gasteiger partial charge on any atom is -0.255 e. The van der Waals surface area contributed by atoms with E-state index < -0.39 is 0 Å². The minimum atomic E-state index is 1.02. The van der Waals surface area contributed by atoms with E-state index in [2.05, 4.69) is 58.2 Å². The van der Waals surface area contributed by atoms with E-state index in [9.17, 15) is 0 Å². The molecular formula is C23H32BrN. The van der Waals surface area contributed by atoms with Gasteiger partial charge in [0.25, 0.3) is 0 Å². The van der Waals surface area contributed by atoms with E-state index in [1.807, 2.05) is 12.3 Å². The van der Waals surface area contributed by atoms with Crippen molar-refractivity contribution < 1.29 is 0 Å². The van der Waals surface area contributed by atoms with E-state index in [1.54, 1.807) is 0 Å². The summed E-state index contributed by atoms with van der Waals surface area (Å²) in [5, 5.41) is 0. The zero-order valence-electron chi connectivity index (χ0n) is 15.6. The molecule has 0 saturated carbocycles. The van der Waals surface area contributed by atoms with Crippen LogP contribution in [0, 0.1) is 0 Å². The van der Waals surface area contributed by atoms with Crippen LogP contribution in [0.3, 0.4) is 0 Å². The number of hydrogen-bond donors (Lipinski definition) is 0. The molecule has 2 rings (SSSR count). The van der Waals surface area contributed by atoms with E-state index in [0.29, 0.717) is 0 Å². The molecule has 0 atom stereocenters. The van der Waals surface area contributed by atoms with E-state index in [0.717, 1.165) is 10.2 Å². The van der Waals surface area contributed by atoms with Crippen molar-refractivity contribution in [2.75, 3.05) is 0 Å². The molecule has 0 bridgehead atoms. The SMILES string of the molecule is CCCCCCCCCCCCc1ccc(-c2ccc(Br)cn2)cc1. The highest BCUT2D eigenvalue weighted by atomic mass is 79.9. The molecule has 136 valence electrons. The van der Waals surface area contributed by atoms with Gasteiger partial charge in [-0.25, -0.2) is 0 Å². The fourth-order valence-corrected chi connectivity index (χ4v) is 3.44. The first-order chi connectivity index (χ1) is 12.3. The number of aryl methyl sites for hydroxylation is 1. The van der Waals surface area contributed by atoms with Crippen LogP contribution in [-0.4, -0.2) is 4.98 Å². The summed E-state index contributed by atoms with van der Waals surface area (Å²) in [6.45, 7) is 2.28. The summed E-state index contributed by atoms with van der Waals surface area (Å²) < 4.78 is 1.02. The molecule has 1 aromatic heterocycles. The van der Waals surface area contributed by atoms with Crippen molar-refractivity contribution in [1.29, 1.82) is 0 Å². The molecule has 0 amide bonds. The molecule has 1 nitrogen and oxygen atoms in total. The Morgan fingerprint density at radius 1 is 0.720 bits per heavy atom. The average molecular weight is 402 g/mol. The Labute approximate surface area is 162 Å². The molecule has 2 heteroatoms. The molecule has 0 spiro atoms. The molecule has 0 N–H and O–H groups in total. The molecule has 0 aliphatic carbocycles. The first-order valence-electron chi connectivity index (χ1n) is 10.0. The van der Waals surface area contributed by atoms with Crippen LogP contribution < -0.4 is 0 Å². The molecule has 0 radical (unpaired) electrons. The quantitative estimate of drug-likeness (QED) is 0.328. The maximum atomic E-state index is 4.46. The first kappa shape index (κ1) is 20.2. The largest absolute Gasteiger partial charge is 0.255 e. The van der Waals surface area contributed by atoms with E-state index in [1.165, 1.54) is 81.8 Å². The van der Waals surface area contributed by atoms with E-state index in [4.69, 9.17) is 0 Å². The van der Waals surface area contributed by atoms with Gasteiger partial charge < -0.3 is 0 Å². The average Bonchev–Trinajstić information content (AvgIpc) is 2.64. The van der Waals surface area contributed by atoms with Crippen LogP contribution in [0.25, 0.3) is 11.3 Å². The summed E-state index contributed by atoms with van der Waals surface area (Å²) in [5.74, 6) is 0. The highest BCUT2D eigenvalue weighted by Gasteiger charge is 2.00. The minimum absolute atomic E-state index is 1.02. The second kappa shape index (κ2) is 12.2. The fraction of sp³-hybridized carbons (Fsp3) is 0.522. The van der Waals surface area contributed by atoms with Gasteiger partial charge in [-0.1, -0.05) is 89.0 Å². The van der Waals surface area contributed by atoms with Gasteiger partial charge in [-0.2, -0.15) is 0 Å². The summed E-state index contributed by atoms with van der Waals surface area (Å²) in [5.41, 5.74) is 3.67. The number of aromatic nitrogens is 1.